The molecule has 0 aliphatic carbocycles. The van der Waals surface area contributed by atoms with Gasteiger partial charge in [0, 0.05) is 6.42 Å². The van der Waals surface area contributed by atoms with Crippen LogP contribution >= 0.6 is 0 Å². The van der Waals surface area contributed by atoms with E-state index in [4.69, 9.17) is 9.47 Å². The Bertz CT molecular complexity index is 1290. The first kappa shape index (κ1) is 66.9. The van der Waals surface area contributed by atoms with Gasteiger partial charge in [-0.15, -0.1) is 0 Å². The Morgan fingerprint density at radius 1 is 0.557 bits per heavy atom. The number of carbonyl (C=O) groups is 1. The van der Waals surface area contributed by atoms with Crippen molar-refractivity contribution in [3.8, 4) is 0 Å². The molecule has 416 valence electrons. The van der Waals surface area contributed by atoms with Crippen LogP contribution in [0.4, 0.5) is 0 Å². The maximum Gasteiger partial charge on any atom is 0.397 e. The van der Waals surface area contributed by atoms with Gasteiger partial charge < -0.3 is 35.2 Å². The van der Waals surface area contributed by atoms with Crippen molar-refractivity contribution in [1.82, 2.24) is 5.32 Å². The molecule has 0 aromatic rings. The van der Waals surface area contributed by atoms with E-state index in [-0.39, 0.29) is 18.9 Å². The molecule has 12 nitrogen and oxygen atoms in total. The summed E-state index contributed by atoms with van der Waals surface area (Å²) in [6, 6.07) is -0.940. The fourth-order valence-corrected chi connectivity index (χ4v) is 10.3. The number of hydrogen-bond acceptors (Lipinski definition) is 10. The van der Waals surface area contributed by atoms with Crippen LogP contribution in [0.2, 0.25) is 0 Å². The first-order valence-corrected chi connectivity index (χ1v) is 30.9. The second-order valence-electron chi connectivity index (χ2n) is 20.9. The summed E-state index contributed by atoms with van der Waals surface area (Å²) in [5.74, 6) is -0.255. The molecule has 1 fully saturated rings. The molecule has 1 heterocycles. The van der Waals surface area contributed by atoms with E-state index in [9.17, 15) is 38.2 Å². The number of aliphatic hydroxyl groups is 4. The van der Waals surface area contributed by atoms with Crippen LogP contribution in [0.5, 0.6) is 0 Å². The number of allylic oxidation sites excluding steroid dienone is 1. The Morgan fingerprint density at radius 2 is 0.900 bits per heavy atom. The Hall–Kier alpha value is -1.16. The Morgan fingerprint density at radius 3 is 1.24 bits per heavy atom. The average molecular weight is 1020 g/mol. The Balaban J connectivity index is 2.34. The van der Waals surface area contributed by atoms with Crippen LogP contribution in [0.25, 0.3) is 0 Å². The van der Waals surface area contributed by atoms with Crippen molar-refractivity contribution < 1.29 is 51.8 Å². The van der Waals surface area contributed by atoms with Crippen molar-refractivity contribution in [2.75, 3.05) is 13.2 Å². The Kier molecular flexibility index (Phi) is 45.4. The number of hydrogen-bond donors (Lipinski definition) is 6. The second kappa shape index (κ2) is 47.5. The lowest BCUT2D eigenvalue weighted by molar-refractivity contribution is -0.298. The molecule has 0 saturated carbocycles. The minimum absolute atomic E-state index is 0.255. The zero-order valence-corrected chi connectivity index (χ0v) is 45.9. The molecule has 0 spiro atoms. The molecule has 1 amide bonds. The number of rotatable bonds is 52. The SMILES string of the molecule is CCCCCCCCCCCCCCCCCC/C=C/C(O)C(COC1OC(CO)C(O)C(OS(=O)(=O)O)C1O)NC(=O)CCCCCCCCCCCCCCCCCCCCCCCCCCC. The summed E-state index contributed by atoms with van der Waals surface area (Å²) in [4.78, 5) is 13.1. The quantitative estimate of drug-likeness (QED) is 0.0193. The van der Waals surface area contributed by atoms with Crippen LogP contribution in [-0.2, 0) is 28.9 Å². The van der Waals surface area contributed by atoms with E-state index in [2.05, 4.69) is 23.3 Å². The van der Waals surface area contributed by atoms with Gasteiger partial charge in [-0.2, -0.15) is 8.42 Å². The van der Waals surface area contributed by atoms with E-state index in [1.807, 2.05) is 6.08 Å². The summed E-state index contributed by atoms with van der Waals surface area (Å²) in [7, 11) is -5.09. The number of unbranched alkanes of at least 4 members (excludes halogenated alkanes) is 40. The fourth-order valence-electron chi connectivity index (χ4n) is 9.75. The molecule has 0 radical (unpaired) electrons. The van der Waals surface area contributed by atoms with Crippen LogP contribution in [0.3, 0.4) is 0 Å². The topological polar surface area (TPSA) is 192 Å². The van der Waals surface area contributed by atoms with Gasteiger partial charge in [0.15, 0.2) is 6.29 Å². The van der Waals surface area contributed by atoms with Crippen LogP contribution < -0.4 is 5.32 Å². The molecule has 70 heavy (non-hydrogen) atoms. The van der Waals surface area contributed by atoms with E-state index in [0.29, 0.717) is 6.42 Å². The molecule has 13 heteroatoms. The van der Waals surface area contributed by atoms with Crippen molar-refractivity contribution in [3.05, 3.63) is 12.2 Å². The zero-order valence-electron chi connectivity index (χ0n) is 45.1. The molecule has 0 aromatic heterocycles. The predicted molar refractivity (Wildman–Crippen MR) is 287 cm³/mol. The average Bonchev–Trinajstić information content (AvgIpc) is 3.33. The van der Waals surface area contributed by atoms with Crippen LogP contribution in [-0.4, -0.2) is 95.4 Å². The molecule has 7 atom stereocenters. The third-order valence-corrected chi connectivity index (χ3v) is 14.8. The van der Waals surface area contributed by atoms with Gasteiger partial charge in [-0.1, -0.05) is 276 Å². The molecule has 1 aliphatic rings. The highest BCUT2D eigenvalue weighted by Crippen LogP contribution is 2.26. The zero-order chi connectivity index (χ0) is 51.2. The third-order valence-electron chi connectivity index (χ3n) is 14.3. The molecular weight excluding hydrogens is 907 g/mol. The minimum Gasteiger partial charge on any atom is -0.394 e. The van der Waals surface area contributed by atoms with Crippen LogP contribution in [0.1, 0.15) is 290 Å². The lowest BCUT2D eigenvalue weighted by Gasteiger charge is -2.41. The highest BCUT2D eigenvalue weighted by atomic mass is 32.3. The van der Waals surface area contributed by atoms with Gasteiger partial charge in [-0.25, -0.2) is 4.18 Å². The van der Waals surface area contributed by atoms with E-state index in [1.54, 1.807) is 6.08 Å². The molecule has 6 N–H and O–H groups in total. The van der Waals surface area contributed by atoms with Gasteiger partial charge in [-0.05, 0) is 19.3 Å². The fraction of sp³-hybridized carbons (Fsp3) is 0.947. The van der Waals surface area contributed by atoms with Gasteiger partial charge in [0.1, 0.15) is 24.4 Å². The summed E-state index contributed by atoms with van der Waals surface area (Å²) >= 11 is 0. The summed E-state index contributed by atoms with van der Waals surface area (Å²) < 4.78 is 47.9. The third kappa shape index (κ3) is 39.3. The lowest BCUT2D eigenvalue weighted by atomic mass is 9.99. The number of carbonyl (C=O) groups excluding carboxylic acids is 1. The minimum atomic E-state index is -5.09. The second-order valence-corrected chi connectivity index (χ2v) is 22.0. The number of ether oxygens (including phenoxy) is 2. The van der Waals surface area contributed by atoms with Gasteiger partial charge >= 0.3 is 10.4 Å². The monoisotopic (exact) mass is 1020 g/mol. The molecular formula is C57H111NO11S. The first-order chi connectivity index (χ1) is 34.0. The summed E-state index contributed by atoms with van der Waals surface area (Å²) in [5.41, 5.74) is 0. The maximum absolute atomic E-state index is 13.1. The van der Waals surface area contributed by atoms with Crippen LogP contribution in [0.15, 0.2) is 12.2 Å². The number of aliphatic hydroxyl groups excluding tert-OH is 4. The molecule has 0 bridgehead atoms. The summed E-state index contributed by atoms with van der Waals surface area (Å²) in [6.07, 6.45) is 48.3. The summed E-state index contributed by atoms with van der Waals surface area (Å²) in [5, 5.41) is 45.0. The van der Waals surface area contributed by atoms with E-state index >= 15 is 0 Å². The molecule has 1 aliphatic heterocycles. The largest absolute Gasteiger partial charge is 0.397 e. The van der Waals surface area contributed by atoms with Crippen LogP contribution in [0, 0.1) is 0 Å². The maximum atomic E-state index is 13.1. The van der Waals surface area contributed by atoms with E-state index < -0.39 is 59.9 Å². The highest BCUT2D eigenvalue weighted by molar-refractivity contribution is 7.80. The van der Waals surface area contributed by atoms with Gasteiger partial charge in [-0.3, -0.25) is 9.35 Å². The Labute approximate surface area is 430 Å². The smallest absolute Gasteiger partial charge is 0.394 e. The summed E-state index contributed by atoms with van der Waals surface area (Å²) in [6.45, 7) is 3.44. The molecule has 0 aromatic carbocycles. The molecule has 7 unspecified atom stereocenters. The first-order valence-electron chi connectivity index (χ1n) is 29.6. The van der Waals surface area contributed by atoms with Crippen molar-refractivity contribution in [2.45, 2.75) is 333 Å². The number of amides is 1. The standard InChI is InChI=1S/C57H111NO11S/c1-3-5-7-9-11-13-15-17-19-21-23-24-25-26-27-28-29-31-33-35-37-39-41-43-45-47-53(61)58-50(49-67-57-55(63)56(69-70(64,65)66)54(62)52(48-59)68-57)51(60)46-44-42-40-38-36-34-32-30-22-20-18-16-14-12-10-8-6-4-2/h44,46,50-52,54-57,59-60,62-63H,3-43,45,47-49H2,1-2H3,(H,58,61)(H,64,65,66)/b46-44+. The lowest BCUT2D eigenvalue weighted by Crippen LogP contribution is -2.61. The van der Waals surface area contributed by atoms with Crippen molar-refractivity contribution in [2.24, 2.45) is 0 Å². The van der Waals surface area contributed by atoms with E-state index in [0.717, 1.165) is 38.5 Å². The van der Waals surface area contributed by atoms with Crippen molar-refractivity contribution >= 4 is 16.3 Å². The van der Waals surface area contributed by atoms with Gasteiger partial charge in [0.25, 0.3) is 0 Å². The number of nitrogens with one attached hydrogen (secondary N) is 1. The molecule has 1 saturated heterocycles. The highest BCUT2D eigenvalue weighted by Gasteiger charge is 2.48. The molecule has 1 rings (SSSR count). The van der Waals surface area contributed by atoms with E-state index in [1.165, 1.54) is 225 Å². The van der Waals surface area contributed by atoms with Crippen molar-refractivity contribution in [1.29, 1.82) is 0 Å². The normalized spacial score (nSPS) is 19.6. The van der Waals surface area contributed by atoms with Gasteiger partial charge in [0.2, 0.25) is 5.91 Å². The van der Waals surface area contributed by atoms with Crippen molar-refractivity contribution in [3.63, 3.8) is 0 Å². The predicted octanol–water partition coefficient (Wildman–Crippen LogP) is 13.8. The van der Waals surface area contributed by atoms with Gasteiger partial charge in [0.05, 0.1) is 25.4 Å².